The number of esters is 1. The van der Waals surface area contributed by atoms with E-state index in [0.717, 1.165) is 5.56 Å². The Bertz CT molecular complexity index is 1310. The van der Waals surface area contributed by atoms with Crippen LogP contribution in [-0.2, 0) is 9.53 Å². The van der Waals surface area contributed by atoms with E-state index < -0.39 is 18.0 Å². The van der Waals surface area contributed by atoms with E-state index in [-0.39, 0.29) is 0 Å². The van der Waals surface area contributed by atoms with E-state index in [4.69, 9.17) is 27.9 Å². The Kier molecular flexibility index (Phi) is 6.35. The van der Waals surface area contributed by atoms with Gasteiger partial charge in [-0.25, -0.2) is 9.78 Å². The number of nitrogens with one attached hydrogen (secondary N) is 1. The number of hydrogen-bond donors (Lipinski definition) is 1. The zero-order valence-corrected chi connectivity index (χ0v) is 18.4. The van der Waals surface area contributed by atoms with Crippen molar-refractivity contribution in [3.05, 3.63) is 88.7 Å². The summed E-state index contributed by atoms with van der Waals surface area (Å²) >= 11 is 12.1. The molecule has 4 rings (SSSR count). The Labute approximate surface area is 194 Å². The predicted octanol–water partition coefficient (Wildman–Crippen LogP) is 5.79. The number of pyridine rings is 2. The van der Waals surface area contributed by atoms with Crippen LogP contribution in [0.2, 0.25) is 10.0 Å². The minimum atomic E-state index is -1.08. The Morgan fingerprint density at radius 1 is 1.00 bits per heavy atom. The normalized spacial score (nSPS) is 11.7. The van der Waals surface area contributed by atoms with Crippen LogP contribution in [-0.4, -0.2) is 27.9 Å². The Balaban J connectivity index is 1.60. The number of para-hydroxylation sites is 1. The van der Waals surface area contributed by atoms with Crippen LogP contribution in [0.15, 0.2) is 73.1 Å². The highest BCUT2D eigenvalue weighted by molar-refractivity contribution is 6.35. The number of aromatic nitrogens is 2. The molecule has 2 aromatic heterocycles. The van der Waals surface area contributed by atoms with Crippen LogP contribution < -0.4 is 5.32 Å². The monoisotopic (exact) mass is 465 g/mol. The number of carbonyl (C=O) groups is 2. The van der Waals surface area contributed by atoms with Gasteiger partial charge in [0, 0.05) is 28.4 Å². The fourth-order valence-corrected chi connectivity index (χ4v) is 3.46. The van der Waals surface area contributed by atoms with Gasteiger partial charge in [0.2, 0.25) is 0 Å². The number of ether oxygens (including phenoxy) is 1. The third kappa shape index (κ3) is 4.72. The first kappa shape index (κ1) is 21.7. The number of amides is 1. The summed E-state index contributed by atoms with van der Waals surface area (Å²) in [6, 6.07) is 17.2. The predicted molar refractivity (Wildman–Crippen MR) is 125 cm³/mol. The first-order valence-corrected chi connectivity index (χ1v) is 10.4. The summed E-state index contributed by atoms with van der Waals surface area (Å²) in [4.78, 5) is 34.3. The van der Waals surface area contributed by atoms with Gasteiger partial charge in [0.15, 0.2) is 6.10 Å². The number of hydrogen-bond acceptors (Lipinski definition) is 5. The number of rotatable bonds is 5. The molecule has 0 fully saturated rings. The lowest BCUT2D eigenvalue weighted by Crippen LogP contribution is -2.30. The molecule has 1 N–H and O–H groups in total. The number of fused-ring (bicyclic) bond motifs is 1. The van der Waals surface area contributed by atoms with Crippen molar-refractivity contribution in [3.8, 4) is 11.3 Å². The van der Waals surface area contributed by atoms with E-state index in [9.17, 15) is 9.59 Å². The van der Waals surface area contributed by atoms with Crippen LogP contribution in [0.1, 0.15) is 17.3 Å². The highest BCUT2D eigenvalue weighted by Gasteiger charge is 2.22. The lowest BCUT2D eigenvalue weighted by atomic mass is 10.0. The molecule has 8 heteroatoms. The summed E-state index contributed by atoms with van der Waals surface area (Å²) in [7, 11) is 0. The number of nitrogens with zero attached hydrogens (tertiary/aromatic N) is 2. The van der Waals surface area contributed by atoms with Gasteiger partial charge in [0.1, 0.15) is 0 Å². The molecule has 2 aromatic carbocycles. The molecule has 1 unspecified atom stereocenters. The molecule has 6 nitrogen and oxygen atoms in total. The number of carbonyl (C=O) groups excluding carboxylic acids is 2. The molecule has 0 aliphatic carbocycles. The standard InChI is InChI=1S/C24H17Cl2N3O3/c1-14(23(30)29-22-12-16(25)6-7-19(22)26)32-24(31)18-13-21(15-8-10-27-11-9-15)28-20-5-3-2-4-17(18)20/h2-14H,1H3,(H,29,30). The average molecular weight is 466 g/mol. The first-order valence-electron chi connectivity index (χ1n) is 9.69. The summed E-state index contributed by atoms with van der Waals surface area (Å²) in [5.41, 5.74) is 2.68. The minimum absolute atomic E-state index is 0.308. The summed E-state index contributed by atoms with van der Waals surface area (Å²) in [5, 5.41) is 4.00. The van der Waals surface area contributed by atoms with Crippen molar-refractivity contribution in [2.45, 2.75) is 13.0 Å². The Morgan fingerprint density at radius 3 is 2.53 bits per heavy atom. The van der Waals surface area contributed by atoms with E-state index in [0.29, 0.717) is 37.9 Å². The highest BCUT2D eigenvalue weighted by atomic mass is 35.5. The number of anilines is 1. The fourth-order valence-electron chi connectivity index (χ4n) is 3.12. The third-order valence-electron chi connectivity index (χ3n) is 4.75. The zero-order valence-electron chi connectivity index (χ0n) is 16.9. The number of benzene rings is 2. The SMILES string of the molecule is CC(OC(=O)c1cc(-c2ccncc2)nc2ccccc12)C(=O)Nc1cc(Cl)ccc1Cl. The molecule has 4 aromatic rings. The smallest absolute Gasteiger partial charge is 0.339 e. The van der Waals surface area contributed by atoms with Gasteiger partial charge in [-0.1, -0.05) is 41.4 Å². The van der Waals surface area contributed by atoms with E-state index in [1.54, 1.807) is 48.8 Å². The summed E-state index contributed by atoms with van der Waals surface area (Å²) in [6.07, 6.45) is 2.23. The lowest BCUT2D eigenvalue weighted by molar-refractivity contribution is -0.123. The summed E-state index contributed by atoms with van der Waals surface area (Å²) in [6.45, 7) is 1.48. The van der Waals surface area contributed by atoms with Crippen molar-refractivity contribution in [1.29, 1.82) is 0 Å². The second-order valence-electron chi connectivity index (χ2n) is 6.97. The van der Waals surface area contributed by atoms with Gasteiger partial charge in [0.25, 0.3) is 5.91 Å². The summed E-state index contributed by atoms with van der Waals surface area (Å²) < 4.78 is 5.47. The second kappa shape index (κ2) is 9.34. The molecule has 0 bridgehead atoms. The molecule has 0 saturated heterocycles. The molecule has 1 atom stereocenters. The van der Waals surface area contributed by atoms with Crippen molar-refractivity contribution in [2.24, 2.45) is 0 Å². The molecular weight excluding hydrogens is 449 g/mol. The highest BCUT2D eigenvalue weighted by Crippen LogP contribution is 2.27. The molecule has 32 heavy (non-hydrogen) atoms. The van der Waals surface area contributed by atoms with Crippen LogP contribution in [0.3, 0.4) is 0 Å². The van der Waals surface area contributed by atoms with E-state index >= 15 is 0 Å². The maximum Gasteiger partial charge on any atom is 0.339 e. The van der Waals surface area contributed by atoms with Gasteiger partial charge >= 0.3 is 5.97 Å². The number of halogens is 2. The Hall–Kier alpha value is -3.48. The summed E-state index contributed by atoms with van der Waals surface area (Å²) in [5.74, 6) is -1.17. The van der Waals surface area contributed by atoms with Crippen LogP contribution in [0.5, 0.6) is 0 Å². The van der Waals surface area contributed by atoms with E-state index in [2.05, 4.69) is 15.3 Å². The third-order valence-corrected chi connectivity index (χ3v) is 5.32. The van der Waals surface area contributed by atoms with Gasteiger partial charge in [-0.05, 0) is 49.4 Å². The van der Waals surface area contributed by atoms with Crippen LogP contribution in [0.25, 0.3) is 22.2 Å². The molecule has 0 spiro atoms. The molecule has 0 saturated carbocycles. The van der Waals surface area contributed by atoms with Crippen LogP contribution >= 0.6 is 23.2 Å². The Morgan fingerprint density at radius 2 is 1.75 bits per heavy atom. The van der Waals surface area contributed by atoms with Crippen LogP contribution in [0.4, 0.5) is 5.69 Å². The molecular formula is C24H17Cl2N3O3. The largest absolute Gasteiger partial charge is 0.449 e. The van der Waals surface area contributed by atoms with Gasteiger partial charge in [0.05, 0.1) is 27.5 Å². The van der Waals surface area contributed by atoms with Gasteiger partial charge in [-0.15, -0.1) is 0 Å². The first-order chi connectivity index (χ1) is 15.4. The lowest BCUT2D eigenvalue weighted by Gasteiger charge is -2.16. The van der Waals surface area contributed by atoms with Crippen molar-refractivity contribution in [3.63, 3.8) is 0 Å². The van der Waals surface area contributed by atoms with Crippen molar-refractivity contribution < 1.29 is 14.3 Å². The molecule has 2 heterocycles. The molecule has 160 valence electrons. The van der Waals surface area contributed by atoms with E-state index in [1.807, 2.05) is 18.2 Å². The zero-order chi connectivity index (χ0) is 22.7. The van der Waals surface area contributed by atoms with Crippen molar-refractivity contribution >= 4 is 51.7 Å². The van der Waals surface area contributed by atoms with Crippen LogP contribution in [0, 0.1) is 0 Å². The van der Waals surface area contributed by atoms with Gasteiger partial charge in [-0.3, -0.25) is 9.78 Å². The second-order valence-corrected chi connectivity index (χ2v) is 7.81. The fraction of sp³-hybridized carbons (Fsp3) is 0.0833. The van der Waals surface area contributed by atoms with Crippen molar-refractivity contribution in [2.75, 3.05) is 5.32 Å². The molecule has 0 radical (unpaired) electrons. The van der Waals surface area contributed by atoms with Gasteiger partial charge in [-0.2, -0.15) is 0 Å². The molecule has 0 aliphatic rings. The van der Waals surface area contributed by atoms with E-state index in [1.165, 1.54) is 13.0 Å². The molecule has 1 amide bonds. The molecule has 0 aliphatic heterocycles. The quantitative estimate of drug-likeness (QED) is 0.377. The topological polar surface area (TPSA) is 81.2 Å². The van der Waals surface area contributed by atoms with Crippen molar-refractivity contribution in [1.82, 2.24) is 9.97 Å². The maximum atomic E-state index is 13.0. The minimum Gasteiger partial charge on any atom is -0.449 e. The van der Waals surface area contributed by atoms with Gasteiger partial charge < -0.3 is 10.1 Å². The average Bonchev–Trinajstić information content (AvgIpc) is 2.81. The maximum absolute atomic E-state index is 13.0.